The summed E-state index contributed by atoms with van der Waals surface area (Å²) >= 11 is 6.08. The molecule has 5 rings (SSSR count). The first-order valence-corrected chi connectivity index (χ1v) is 11.2. The van der Waals surface area contributed by atoms with Gasteiger partial charge in [0.2, 0.25) is 5.76 Å². The molecular weight excluding hydrogens is 495 g/mol. The van der Waals surface area contributed by atoms with Gasteiger partial charge in [-0.1, -0.05) is 42.5 Å². The van der Waals surface area contributed by atoms with Crippen molar-refractivity contribution in [3.05, 3.63) is 117 Å². The third-order valence-corrected chi connectivity index (χ3v) is 6.08. The van der Waals surface area contributed by atoms with Gasteiger partial charge in [-0.25, -0.2) is 0 Å². The van der Waals surface area contributed by atoms with Crippen LogP contribution in [0.4, 0.5) is 18.9 Å². The molecule has 5 nitrogen and oxygen atoms in total. The van der Waals surface area contributed by atoms with Gasteiger partial charge in [0.1, 0.15) is 17.9 Å². The second kappa shape index (κ2) is 8.87. The normalized spacial score (nSPS) is 15.3. The molecule has 3 aromatic carbocycles. The minimum atomic E-state index is -4.62. The molecule has 1 aliphatic heterocycles. The molecule has 0 fully saturated rings. The predicted molar refractivity (Wildman–Crippen MR) is 130 cm³/mol. The van der Waals surface area contributed by atoms with Crippen molar-refractivity contribution in [3.8, 4) is 5.75 Å². The van der Waals surface area contributed by atoms with E-state index in [1.54, 1.807) is 30.3 Å². The monoisotopic (exact) mass is 511 g/mol. The largest absolute Gasteiger partial charge is 0.490 e. The van der Waals surface area contributed by atoms with Crippen LogP contribution in [0.1, 0.15) is 33.3 Å². The Bertz CT molecular complexity index is 1560. The average molecular weight is 512 g/mol. The van der Waals surface area contributed by atoms with Crippen LogP contribution in [-0.2, 0) is 6.18 Å². The van der Waals surface area contributed by atoms with Crippen molar-refractivity contribution >= 4 is 34.2 Å². The molecule has 4 aromatic rings. The lowest BCUT2D eigenvalue weighted by atomic mass is 9.98. The Kier molecular flexibility index (Phi) is 5.84. The smallest absolute Gasteiger partial charge is 0.416 e. The summed E-state index contributed by atoms with van der Waals surface area (Å²) in [6, 6.07) is 14.4. The van der Waals surface area contributed by atoms with E-state index in [0.29, 0.717) is 16.3 Å². The summed E-state index contributed by atoms with van der Waals surface area (Å²) in [5, 5.41) is 0.463. The maximum absolute atomic E-state index is 13.6. The van der Waals surface area contributed by atoms with E-state index < -0.39 is 29.1 Å². The molecule has 0 N–H and O–H groups in total. The molecule has 1 amide bonds. The van der Waals surface area contributed by atoms with Crippen molar-refractivity contribution in [3.63, 3.8) is 0 Å². The minimum Gasteiger partial charge on any atom is -0.490 e. The second-order valence-corrected chi connectivity index (χ2v) is 8.55. The fourth-order valence-electron chi connectivity index (χ4n) is 4.26. The van der Waals surface area contributed by atoms with Crippen LogP contribution in [0.25, 0.3) is 11.0 Å². The molecule has 0 saturated carbocycles. The van der Waals surface area contributed by atoms with Crippen molar-refractivity contribution in [2.75, 3.05) is 11.5 Å². The molecule has 9 heteroatoms. The van der Waals surface area contributed by atoms with Gasteiger partial charge >= 0.3 is 6.18 Å². The molecule has 0 saturated heterocycles. The first kappa shape index (κ1) is 23.7. The summed E-state index contributed by atoms with van der Waals surface area (Å²) in [5.74, 6) is -0.439. The molecular formula is C27H17ClF3NO4. The topological polar surface area (TPSA) is 59.8 Å². The third kappa shape index (κ3) is 4.03. The van der Waals surface area contributed by atoms with Gasteiger partial charge in [0.25, 0.3) is 5.91 Å². The van der Waals surface area contributed by atoms with Crippen molar-refractivity contribution < 1.29 is 27.1 Å². The number of hydrogen-bond donors (Lipinski definition) is 0. The summed E-state index contributed by atoms with van der Waals surface area (Å²) in [7, 11) is 0. The summed E-state index contributed by atoms with van der Waals surface area (Å²) < 4.78 is 51.7. The highest BCUT2D eigenvalue weighted by Gasteiger charge is 2.44. The first-order valence-electron chi connectivity index (χ1n) is 10.8. The Morgan fingerprint density at radius 3 is 2.50 bits per heavy atom. The standard InChI is InChI=1S/C27H17ClF3NO4/c1-2-12-35-19-9-6-15(7-10-19)23-22-24(33)20-14-17(28)8-11-21(20)36-25(22)26(34)32(23)18-5-3-4-16(13-18)27(29,30)31/h2-11,13-14,23H,1,12H2. The lowest BCUT2D eigenvalue weighted by molar-refractivity contribution is -0.137. The van der Waals surface area contributed by atoms with Gasteiger partial charge in [0.05, 0.1) is 22.6 Å². The van der Waals surface area contributed by atoms with Gasteiger partial charge in [-0.2, -0.15) is 13.2 Å². The number of hydrogen-bond acceptors (Lipinski definition) is 4. The maximum Gasteiger partial charge on any atom is 0.416 e. The van der Waals surface area contributed by atoms with Crippen LogP contribution >= 0.6 is 11.6 Å². The molecule has 1 unspecified atom stereocenters. The zero-order valence-electron chi connectivity index (χ0n) is 18.5. The van der Waals surface area contributed by atoms with E-state index in [-0.39, 0.29) is 34.6 Å². The molecule has 1 aromatic heterocycles. The van der Waals surface area contributed by atoms with E-state index in [1.165, 1.54) is 30.3 Å². The summed E-state index contributed by atoms with van der Waals surface area (Å²) in [5.41, 5.74) is -0.791. The number of rotatable bonds is 5. The summed E-state index contributed by atoms with van der Waals surface area (Å²) in [4.78, 5) is 28.3. The van der Waals surface area contributed by atoms with Crippen LogP contribution in [0.3, 0.4) is 0 Å². The first-order chi connectivity index (χ1) is 17.2. The number of carbonyl (C=O) groups excluding carboxylic acids is 1. The number of amides is 1. The van der Waals surface area contributed by atoms with Crippen molar-refractivity contribution in [2.24, 2.45) is 0 Å². The van der Waals surface area contributed by atoms with Gasteiger partial charge in [0, 0.05) is 10.7 Å². The summed E-state index contributed by atoms with van der Waals surface area (Å²) in [6.45, 7) is 3.87. The highest BCUT2D eigenvalue weighted by molar-refractivity contribution is 6.31. The third-order valence-electron chi connectivity index (χ3n) is 5.85. The molecule has 2 heterocycles. The number of alkyl halides is 3. The SMILES string of the molecule is C=CCOc1ccc(C2c3c(oc4ccc(Cl)cc4c3=O)C(=O)N2c2cccc(C(F)(F)F)c2)cc1. The lowest BCUT2D eigenvalue weighted by Gasteiger charge is -2.26. The number of anilines is 1. The van der Waals surface area contributed by atoms with E-state index >= 15 is 0 Å². The van der Waals surface area contributed by atoms with Gasteiger partial charge in [-0.3, -0.25) is 14.5 Å². The average Bonchev–Trinajstić information content (AvgIpc) is 3.15. The van der Waals surface area contributed by atoms with E-state index in [0.717, 1.165) is 17.0 Å². The highest BCUT2D eigenvalue weighted by atomic mass is 35.5. The predicted octanol–water partition coefficient (Wildman–Crippen LogP) is 6.78. The van der Waals surface area contributed by atoms with Gasteiger partial charge in [-0.15, -0.1) is 0 Å². The number of fused-ring (bicyclic) bond motifs is 2. The molecule has 1 aliphatic rings. The van der Waals surface area contributed by atoms with Crippen molar-refractivity contribution in [1.29, 1.82) is 0 Å². The zero-order valence-corrected chi connectivity index (χ0v) is 19.3. The number of carbonyl (C=O) groups is 1. The quantitative estimate of drug-likeness (QED) is 0.277. The Labute approximate surface area is 208 Å². The van der Waals surface area contributed by atoms with Crippen LogP contribution in [0.5, 0.6) is 5.75 Å². The Morgan fingerprint density at radius 2 is 1.81 bits per heavy atom. The maximum atomic E-state index is 13.6. The van der Waals surface area contributed by atoms with Crippen LogP contribution in [0.15, 0.2) is 88.6 Å². The van der Waals surface area contributed by atoms with Crippen LogP contribution in [0, 0.1) is 0 Å². The Morgan fingerprint density at radius 1 is 1.06 bits per heavy atom. The number of halogens is 4. The number of benzene rings is 3. The van der Waals surface area contributed by atoms with Crippen LogP contribution < -0.4 is 15.1 Å². The minimum absolute atomic E-state index is 0.0203. The van der Waals surface area contributed by atoms with Crippen LogP contribution in [-0.4, -0.2) is 12.5 Å². The molecule has 0 radical (unpaired) electrons. The van der Waals surface area contributed by atoms with E-state index in [2.05, 4.69) is 6.58 Å². The second-order valence-electron chi connectivity index (χ2n) is 8.11. The zero-order chi connectivity index (χ0) is 25.6. The van der Waals surface area contributed by atoms with Crippen molar-refractivity contribution in [1.82, 2.24) is 0 Å². The Hall–Kier alpha value is -4.04. The van der Waals surface area contributed by atoms with Crippen LogP contribution in [0.2, 0.25) is 5.02 Å². The number of nitrogens with zero attached hydrogens (tertiary/aromatic N) is 1. The lowest BCUT2D eigenvalue weighted by Crippen LogP contribution is -2.29. The molecule has 0 bridgehead atoms. The van der Waals surface area contributed by atoms with E-state index in [1.807, 2.05) is 0 Å². The fraction of sp³-hybridized carbons (Fsp3) is 0.111. The van der Waals surface area contributed by atoms with Crippen molar-refractivity contribution in [2.45, 2.75) is 12.2 Å². The molecule has 0 spiro atoms. The van der Waals surface area contributed by atoms with Gasteiger partial charge in [-0.05, 0) is 54.1 Å². The Balaban J connectivity index is 1.73. The molecule has 1 atom stereocenters. The fourth-order valence-corrected chi connectivity index (χ4v) is 4.43. The molecule has 0 aliphatic carbocycles. The molecule has 182 valence electrons. The molecule has 36 heavy (non-hydrogen) atoms. The number of ether oxygens (including phenoxy) is 1. The highest BCUT2D eigenvalue weighted by Crippen LogP contribution is 2.43. The summed E-state index contributed by atoms with van der Waals surface area (Å²) in [6.07, 6.45) is -3.04. The van der Waals surface area contributed by atoms with E-state index in [9.17, 15) is 22.8 Å². The van der Waals surface area contributed by atoms with Gasteiger partial charge in [0.15, 0.2) is 5.43 Å². The van der Waals surface area contributed by atoms with E-state index in [4.69, 9.17) is 20.8 Å². The van der Waals surface area contributed by atoms with Gasteiger partial charge < -0.3 is 9.15 Å².